The lowest BCUT2D eigenvalue weighted by Gasteiger charge is -2.02. The Morgan fingerprint density at radius 2 is 1.88 bits per heavy atom. The van der Waals surface area contributed by atoms with E-state index < -0.39 is 11.6 Å². The standard InChI is InChI=1S/C10H5ClF2N2S/c11-10-14-5-7(13)9(15-10)16-8-4-2-1-3-6(8)12/h1-5H. The van der Waals surface area contributed by atoms with Gasteiger partial charge in [-0.2, -0.15) is 0 Å². The number of benzene rings is 1. The maximum Gasteiger partial charge on any atom is 0.223 e. The third-order valence-corrected chi connectivity index (χ3v) is 2.94. The number of nitrogens with zero attached hydrogens (tertiary/aromatic N) is 2. The number of hydrogen-bond acceptors (Lipinski definition) is 3. The van der Waals surface area contributed by atoms with Crippen LogP contribution in [0.4, 0.5) is 8.78 Å². The molecular formula is C10H5ClF2N2S. The van der Waals surface area contributed by atoms with E-state index in [-0.39, 0.29) is 15.2 Å². The first-order valence-electron chi connectivity index (χ1n) is 4.27. The van der Waals surface area contributed by atoms with E-state index in [0.29, 0.717) is 0 Å². The van der Waals surface area contributed by atoms with E-state index in [0.717, 1.165) is 18.0 Å². The van der Waals surface area contributed by atoms with Crippen molar-refractivity contribution in [2.75, 3.05) is 0 Å². The number of halogens is 3. The summed E-state index contributed by atoms with van der Waals surface area (Å²) >= 11 is 6.40. The average Bonchev–Trinajstić information content (AvgIpc) is 2.27. The highest BCUT2D eigenvalue weighted by Gasteiger charge is 2.10. The van der Waals surface area contributed by atoms with Gasteiger partial charge in [0.15, 0.2) is 5.82 Å². The lowest BCUT2D eigenvalue weighted by atomic mass is 10.3. The Morgan fingerprint density at radius 3 is 2.62 bits per heavy atom. The lowest BCUT2D eigenvalue weighted by Crippen LogP contribution is -1.91. The van der Waals surface area contributed by atoms with Gasteiger partial charge in [-0.15, -0.1) is 0 Å². The zero-order valence-corrected chi connectivity index (χ0v) is 9.40. The highest BCUT2D eigenvalue weighted by Crippen LogP contribution is 2.30. The third kappa shape index (κ3) is 2.48. The molecule has 0 radical (unpaired) electrons. The zero-order valence-electron chi connectivity index (χ0n) is 7.82. The average molecular weight is 259 g/mol. The second-order valence-corrected chi connectivity index (χ2v) is 4.19. The van der Waals surface area contributed by atoms with Crippen LogP contribution in [0.1, 0.15) is 0 Å². The molecule has 0 saturated carbocycles. The Morgan fingerprint density at radius 1 is 1.12 bits per heavy atom. The molecule has 6 heteroatoms. The molecule has 0 atom stereocenters. The van der Waals surface area contributed by atoms with Crippen LogP contribution < -0.4 is 0 Å². The predicted molar refractivity (Wildman–Crippen MR) is 57.5 cm³/mol. The summed E-state index contributed by atoms with van der Waals surface area (Å²) in [5.41, 5.74) is 0. The second kappa shape index (κ2) is 4.76. The van der Waals surface area contributed by atoms with Crippen molar-refractivity contribution >= 4 is 23.4 Å². The topological polar surface area (TPSA) is 25.8 Å². The molecule has 0 saturated heterocycles. The van der Waals surface area contributed by atoms with Crippen molar-refractivity contribution in [3.05, 3.63) is 47.4 Å². The monoisotopic (exact) mass is 258 g/mol. The molecule has 82 valence electrons. The first-order valence-corrected chi connectivity index (χ1v) is 5.46. The van der Waals surface area contributed by atoms with E-state index in [4.69, 9.17) is 11.6 Å². The minimum Gasteiger partial charge on any atom is -0.223 e. The van der Waals surface area contributed by atoms with Gasteiger partial charge >= 0.3 is 0 Å². The Labute approximate surface area is 99.7 Å². The number of aromatic nitrogens is 2. The molecule has 0 bridgehead atoms. The summed E-state index contributed by atoms with van der Waals surface area (Å²) < 4.78 is 26.5. The SMILES string of the molecule is Fc1ccccc1Sc1nc(Cl)ncc1F. The molecule has 1 aromatic carbocycles. The molecule has 0 unspecified atom stereocenters. The first kappa shape index (κ1) is 11.3. The van der Waals surface area contributed by atoms with Crippen molar-refractivity contribution in [3.8, 4) is 0 Å². The minimum absolute atomic E-state index is 0.00472. The third-order valence-electron chi connectivity index (χ3n) is 1.73. The van der Waals surface area contributed by atoms with Gasteiger partial charge in [-0.25, -0.2) is 18.7 Å². The summed E-state index contributed by atoms with van der Waals surface area (Å²) in [6.07, 6.45) is 0.957. The molecule has 0 spiro atoms. The molecule has 0 aliphatic carbocycles. The van der Waals surface area contributed by atoms with Gasteiger partial charge in [0.1, 0.15) is 10.8 Å². The highest BCUT2D eigenvalue weighted by molar-refractivity contribution is 7.99. The van der Waals surface area contributed by atoms with E-state index in [1.54, 1.807) is 12.1 Å². The van der Waals surface area contributed by atoms with Crippen molar-refractivity contribution in [1.82, 2.24) is 9.97 Å². The Hall–Kier alpha value is -1.20. The van der Waals surface area contributed by atoms with Crippen molar-refractivity contribution in [1.29, 1.82) is 0 Å². The van der Waals surface area contributed by atoms with Crippen LogP contribution in [0.25, 0.3) is 0 Å². The Bertz CT molecular complexity index is 522. The Balaban J connectivity index is 2.34. The summed E-state index contributed by atoms with van der Waals surface area (Å²) in [4.78, 5) is 7.45. The van der Waals surface area contributed by atoms with Crippen LogP contribution in [0.5, 0.6) is 0 Å². The molecule has 2 aromatic rings. The maximum atomic E-state index is 13.3. The molecule has 1 heterocycles. The predicted octanol–water partition coefficient (Wildman–Crippen LogP) is 3.56. The van der Waals surface area contributed by atoms with Gasteiger partial charge in [-0.1, -0.05) is 23.9 Å². The van der Waals surface area contributed by atoms with E-state index in [2.05, 4.69) is 9.97 Å². The molecule has 16 heavy (non-hydrogen) atoms. The van der Waals surface area contributed by atoms with E-state index >= 15 is 0 Å². The normalized spacial score (nSPS) is 10.4. The van der Waals surface area contributed by atoms with Crippen molar-refractivity contribution < 1.29 is 8.78 Å². The lowest BCUT2D eigenvalue weighted by molar-refractivity contribution is 0.577. The fraction of sp³-hybridized carbons (Fsp3) is 0. The fourth-order valence-corrected chi connectivity index (χ4v) is 2.02. The molecule has 2 nitrogen and oxygen atoms in total. The molecule has 0 amide bonds. The van der Waals surface area contributed by atoms with E-state index in [1.165, 1.54) is 12.1 Å². The molecule has 0 fully saturated rings. The van der Waals surface area contributed by atoms with Crippen LogP contribution in [0.3, 0.4) is 0 Å². The summed E-state index contributed by atoms with van der Waals surface area (Å²) in [5.74, 6) is -1.06. The first-order chi connectivity index (χ1) is 7.66. The quantitative estimate of drug-likeness (QED) is 0.608. The van der Waals surface area contributed by atoms with Crippen molar-refractivity contribution in [3.63, 3.8) is 0 Å². The zero-order chi connectivity index (χ0) is 11.5. The van der Waals surface area contributed by atoms with Crippen LogP contribution in [0, 0.1) is 11.6 Å². The van der Waals surface area contributed by atoms with Gasteiger partial charge in [0.25, 0.3) is 0 Å². The van der Waals surface area contributed by atoms with Crippen molar-refractivity contribution in [2.24, 2.45) is 0 Å². The van der Waals surface area contributed by atoms with Crippen molar-refractivity contribution in [2.45, 2.75) is 9.92 Å². The van der Waals surface area contributed by atoms with Gasteiger partial charge in [0.05, 0.1) is 6.20 Å². The smallest absolute Gasteiger partial charge is 0.223 e. The second-order valence-electron chi connectivity index (χ2n) is 2.82. The van der Waals surface area contributed by atoms with Crippen LogP contribution in [0.2, 0.25) is 5.28 Å². The van der Waals surface area contributed by atoms with E-state index in [1.807, 2.05) is 0 Å². The maximum absolute atomic E-state index is 13.3. The molecule has 0 aliphatic heterocycles. The largest absolute Gasteiger partial charge is 0.223 e. The van der Waals surface area contributed by atoms with Gasteiger partial charge in [-0.05, 0) is 23.7 Å². The molecule has 0 N–H and O–H groups in total. The van der Waals surface area contributed by atoms with Crippen LogP contribution in [0.15, 0.2) is 40.4 Å². The van der Waals surface area contributed by atoms with Gasteiger partial charge in [0.2, 0.25) is 5.28 Å². The minimum atomic E-state index is -0.627. The Kier molecular flexibility index (Phi) is 3.36. The van der Waals surface area contributed by atoms with Crippen LogP contribution >= 0.6 is 23.4 Å². The van der Waals surface area contributed by atoms with E-state index in [9.17, 15) is 8.78 Å². The fourth-order valence-electron chi connectivity index (χ4n) is 1.03. The molecule has 0 aliphatic rings. The summed E-state index contributed by atoms with van der Waals surface area (Å²) in [6, 6.07) is 6.05. The van der Waals surface area contributed by atoms with Gasteiger partial charge in [-0.3, -0.25) is 0 Å². The summed E-state index contributed by atoms with van der Waals surface area (Å²) in [7, 11) is 0. The van der Waals surface area contributed by atoms with Crippen LogP contribution in [-0.4, -0.2) is 9.97 Å². The number of rotatable bonds is 2. The van der Waals surface area contributed by atoms with Gasteiger partial charge < -0.3 is 0 Å². The van der Waals surface area contributed by atoms with Gasteiger partial charge in [0, 0.05) is 4.90 Å². The molecule has 2 rings (SSSR count). The molecular weight excluding hydrogens is 254 g/mol. The molecule has 1 aromatic heterocycles. The van der Waals surface area contributed by atoms with Crippen LogP contribution in [-0.2, 0) is 0 Å². The highest BCUT2D eigenvalue weighted by atomic mass is 35.5. The summed E-state index contributed by atoms with van der Waals surface area (Å²) in [5, 5.41) is -0.0645. The summed E-state index contributed by atoms with van der Waals surface area (Å²) in [6.45, 7) is 0. The number of hydrogen-bond donors (Lipinski definition) is 0.